The van der Waals surface area contributed by atoms with Gasteiger partial charge in [0, 0.05) is 45.0 Å². The van der Waals surface area contributed by atoms with Crippen LogP contribution >= 0.6 is 11.8 Å². The van der Waals surface area contributed by atoms with Crippen LogP contribution in [0, 0.1) is 0 Å². The predicted octanol–water partition coefficient (Wildman–Crippen LogP) is 5.68. The molecule has 0 spiro atoms. The van der Waals surface area contributed by atoms with Crippen molar-refractivity contribution in [2.75, 3.05) is 11.1 Å². The Morgan fingerprint density at radius 1 is 0.938 bits per heavy atom. The number of aryl methyl sites for hydroxylation is 1. The van der Waals surface area contributed by atoms with Crippen LogP contribution in [-0.4, -0.2) is 28.2 Å². The van der Waals surface area contributed by atoms with Gasteiger partial charge in [-0.05, 0) is 57.2 Å². The van der Waals surface area contributed by atoms with Crippen molar-refractivity contribution in [2.24, 2.45) is 0 Å². The summed E-state index contributed by atoms with van der Waals surface area (Å²) in [6.07, 6.45) is 0. The van der Waals surface area contributed by atoms with Crippen molar-refractivity contribution in [3.05, 3.63) is 72.3 Å². The molecule has 0 saturated heterocycles. The van der Waals surface area contributed by atoms with Crippen molar-refractivity contribution in [3.63, 3.8) is 0 Å². The van der Waals surface area contributed by atoms with Crippen LogP contribution in [0.1, 0.15) is 31.1 Å². The molecular formula is C26H27N3O2S. The first kappa shape index (κ1) is 22.0. The van der Waals surface area contributed by atoms with Crippen molar-refractivity contribution in [1.29, 1.82) is 0 Å². The van der Waals surface area contributed by atoms with Crippen molar-refractivity contribution >= 4 is 51.1 Å². The van der Waals surface area contributed by atoms with Gasteiger partial charge in [0.2, 0.25) is 5.91 Å². The molecule has 2 N–H and O–H groups in total. The highest BCUT2D eigenvalue weighted by Crippen LogP contribution is 2.31. The molecular weight excluding hydrogens is 418 g/mol. The van der Waals surface area contributed by atoms with Gasteiger partial charge >= 0.3 is 0 Å². The lowest BCUT2D eigenvalue weighted by molar-refractivity contribution is -0.119. The third-order valence-electron chi connectivity index (χ3n) is 5.29. The summed E-state index contributed by atoms with van der Waals surface area (Å²) in [7, 11) is 0. The Labute approximate surface area is 192 Å². The third-order valence-corrected chi connectivity index (χ3v) is 6.36. The molecule has 2 amide bonds. The first-order chi connectivity index (χ1) is 15.5. The summed E-state index contributed by atoms with van der Waals surface area (Å²) in [6.45, 7) is 6.87. The van der Waals surface area contributed by atoms with Crippen LogP contribution in [0.4, 0.5) is 5.69 Å². The molecule has 6 heteroatoms. The molecule has 0 saturated carbocycles. The molecule has 164 valence electrons. The van der Waals surface area contributed by atoms with E-state index in [-0.39, 0.29) is 23.6 Å². The van der Waals surface area contributed by atoms with Crippen molar-refractivity contribution in [1.82, 2.24) is 9.88 Å². The number of benzene rings is 3. The summed E-state index contributed by atoms with van der Waals surface area (Å²) < 4.78 is 2.28. The second-order valence-corrected chi connectivity index (χ2v) is 8.97. The molecule has 32 heavy (non-hydrogen) atoms. The zero-order chi connectivity index (χ0) is 22.7. The maximum atomic E-state index is 13.1. The summed E-state index contributed by atoms with van der Waals surface area (Å²) in [5.41, 5.74) is 3.65. The summed E-state index contributed by atoms with van der Waals surface area (Å²) in [5, 5.41) is 8.21. The number of nitrogens with one attached hydrogen (secondary N) is 2. The molecule has 0 atom stereocenters. The maximum Gasteiger partial charge on any atom is 0.256 e. The highest BCUT2D eigenvalue weighted by atomic mass is 32.2. The van der Waals surface area contributed by atoms with Gasteiger partial charge in [0.25, 0.3) is 5.91 Å². The van der Waals surface area contributed by atoms with Gasteiger partial charge in [-0.1, -0.05) is 30.3 Å². The lowest BCUT2D eigenvalue weighted by Gasteiger charge is -2.11. The monoisotopic (exact) mass is 445 g/mol. The summed E-state index contributed by atoms with van der Waals surface area (Å²) in [5.74, 6) is 0.0410. The van der Waals surface area contributed by atoms with E-state index in [4.69, 9.17) is 0 Å². The standard InChI is InChI=1S/C26H27N3O2S/c1-4-29-22-11-7-5-9-19(22)21-15-18(13-14-23(21)29)28-26(31)20-10-6-8-12-24(20)32-16-25(30)27-17(2)3/h5-15,17H,4,16H2,1-3H3,(H,27,30)(H,28,31). The van der Waals surface area contributed by atoms with Crippen molar-refractivity contribution in [3.8, 4) is 0 Å². The number of hydrogen-bond acceptors (Lipinski definition) is 3. The molecule has 0 radical (unpaired) electrons. The lowest BCUT2D eigenvalue weighted by Crippen LogP contribution is -2.31. The highest BCUT2D eigenvalue weighted by Gasteiger charge is 2.15. The fourth-order valence-corrected chi connectivity index (χ4v) is 4.82. The topological polar surface area (TPSA) is 63.1 Å². The molecule has 1 heterocycles. The van der Waals surface area contributed by atoms with Gasteiger partial charge in [-0.2, -0.15) is 0 Å². The average Bonchev–Trinajstić information content (AvgIpc) is 3.10. The second kappa shape index (κ2) is 9.49. The number of thioether (sulfide) groups is 1. The van der Waals surface area contributed by atoms with Gasteiger partial charge in [0.1, 0.15) is 0 Å². The van der Waals surface area contributed by atoms with E-state index in [1.807, 2.05) is 56.3 Å². The molecule has 0 bridgehead atoms. The van der Waals surface area contributed by atoms with Crippen molar-refractivity contribution < 1.29 is 9.59 Å². The minimum atomic E-state index is -0.184. The fourth-order valence-electron chi connectivity index (χ4n) is 3.96. The molecule has 0 fully saturated rings. The van der Waals surface area contributed by atoms with E-state index in [0.717, 1.165) is 28.0 Å². The van der Waals surface area contributed by atoms with E-state index < -0.39 is 0 Å². The zero-order valence-electron chi connectivity index (χ0n) is 18.5. The minimum Gasteiger partial charge on any atom is -0.353 e. The fraction of sp³-hybridized carbons (Fsp3) is 0.231. The summed E-state index contributed by atoms with van der Waals surface area (Å²) in [6, 6.07) is 21.8. The van der Waals surface area contributed by atoms with Gasteiger partial charge in [-0.25, -0.2) is 0 Å². The Morgan fingerprint density at radius 2 is 1.66 bits per heavy atom. The minimum absolute atomic E-state index is 0.0435. The molecule has 0 aliphatic carbocycles. The molecule has 0 aliphatic rings. The molecule has 0 unspecified atom stereocenters. The molecule has 3 aromatic carbocycles. The summed E-state index contributed by atoms with van der Waals surface area (Å²) >= 11 is 1.37. The normalized spacial score (nSPS) is 11.2. The van der Waals surface area contributed by atoms with Crippen LogP contribution in [0.15, 0.2) is 71.6 Å². The maximum absolute atomic E-state index is 13.1. The van der Waals surface area contributed by atoms with Crippen LogP contribution in [0.5, 0.6) is 0 Å². The van der Waals surface area contributed by atoms with E-state index >= 15 is 0 Å². The van der Waals surface area contributed by atoms with Crippen LogP contribution in [0.3, 0.4) is 0 Å². The van der Waals surface area contributed by atoms with Crippen molar-refractivity contribution in [2.45, 2.75) is 38.3 Å². The van der Waals surface area contributed by atoms with Gasteiger partial charge < -0.3 is 15.2 Å². The number of rotatable bonds is 7. The number of carbonyl (C=O) groups excluding carboxylic acids is 2. The van der Waals surface area contributed by atoms with Crippen LogP contribution in [0.25, 0.3) is 21.8 Å². The largest absolute Gasteiger partial charge is 0.353 e. The van der Waals surface area contributed by atoms with E-state index in [1.54, 1.807) is 6.07 Å². The molecule has 4 aromatic rings. The van der Waals surface area contributed by atoms with E-state index in [1.165, 1.54) is 22.7 Å². The quantitative estimate of drug-likeness (QED) is 0.360. The first-order valence-electron chi connectivity index (χ1n) is 10.8. The van der Waals surface area contributed by atoms with Gasteiger partial charge in [0.15, 0.2) is 0 Å². The van der Waals surface area contributed by atoms with E-state index in [2.05, 4.69) is 40.3 Å². The van der Waals surface area contributed by atoms with Gasteiger partial charge in [-0.3, -0.25) is 9.59 Å². The molecule has 4 rings (SSSR count). The highest BCUT2D eigenvalue weighted by molar-refractivity contribution is 8.00. The number of hydrogen-bond donors (Lipinski definition) is 2. The van der Waals surface area contributed by atoms with Crippen LogP contribution in [0.2, 0.25) is 0 Å². The number of aromatic nitrogens is 1. The third kappa shape index (κ3) is 4.50. The SMILES string of the molecule is CCn1c2ccccc2c2cc(NC(=O)c3ccccc3SCC(=O)NC(C)C)ccc21. The smallest absolute Gasteiger partial charge is 0.256 e. The number of anilines is 1. The molecule has 5 nitrogen and oxygen atoms in total. The Balaban J connectivity index is 1.58. The molecule has 1 aromatic heterocycles. The average molecular weight is 446 g/mol. The van der Waals surface area contributed by atoms with E-state index in [9.17, 15) is 9.59 Å². The Bertz CT molecular complexity index is 1290. The number of nitrogens with zero attached hydrogens (tertiary/aromatic N) is 1. The first-order valence-corrected chi connectivity index (χ1v) is 11.8. The van der Waals surface area contributed by atoms with Crippen LogP contribution in [-0.2, 0) is 11.3 Å². The zero-order valence-corrected chi connectivity index (χ0v) is 19.3. The number of fused-ring (bicyclic) bond motifs is 3. The Morgan fingerprint density at radius 3 is 2.44 bits per heavy atom. The Kier molecular flexibility index (Phi) is 6.51. The number of para-hydroxylation sites is 1. The van der Waals surface area contributed by atoms with Crippen LogP contribution < -0.4 is 10.6 Å². The lowest BCUT2D eigenvalue weighted by atomic mass is 10.1. The summed E-state index contributed by atoms with van der Waals surface area (Å²) in [4.78, 5) is 25.9. The Hall–Kier alpha value is -3.25. The van der Waals surface area contributed by atoms with E-state index in [0.29, 0.717) is 5.56 Å². The van der Waals surface area contributed by atoms with Gasteiger partial charge in [0.05, 0.1) is 11.3 Å². The molecule has 0 aliphatic heterocycles. The predicted molar refractivity (Wildman–Crippen MR) is 134 cm³/mol. The number of amides is 2. The number of carbonyl (C=O) groups is 2. The van der Waals surface area contributed by atoms with Gasteiger partial charge in [-0.15, -0.1) is 11.8 Å². The second-order valence-electron chi connectivity index (χ2n) is 7.95.